The molecule has 5 rings (SSSR count). The quantitative estimate of drug-likeness (QED) is 0.763. The molecule has 1 aromatic carbocycles. The van der Waals surface area contributed by atoms with Crippen molar-refractivity contribution >= 4 is 11.8 Å². The molecular weight excluding hydrogens is 391 g/mol. The van der Waals surface area contributed by atoms with Crippen molar-refractivity contribution in [1.29, 1.82) is 0 Å². The van der Waals surface area contributed by atoms with Crippen LogP contribution < -0.4 is 9.47 Å². The minimum Gasteiger partial charge on any atom is -0.493 e. The summed E-state index contributed by atoms with van der Waals surface area (Å²) in [5, 5.41) is 7.12. The highest BCUT2D eigenvalue weighted by Gasteiger charge is 2.65. The number of aliphatic carboxylic acids is 1. The van der Waals surface area contributed by atoms with Crippen molar-refractivity contribution < 1.29 is 37.3 Å². The Balaban J connectivity index is 0.000000255. The molecule has 0 radical (unpaired) electrons. The second kappa shape index (κ2) is 6.62. The first-order valence-corrected chi connectivity index (χ1v) is 9.51. The van der Waals surface area contributed by atoms with Gasteiger partial charge in [0.1, 0.15) is 0 Å². The van der Waals surface area contributed by atoms with E-state index in [4.69, 9.17) is 19.4 Å². The topological polar surface area (TPSA) is 76.1 Å². The summed E-state index contributed by atoms with van der Waals surface area (Å²) in [6.07, 6.45) is -1.61. The molecule has 6 nitrogen and oxygen atoms in total. The molecule has 2 bridgehead atoms. The van der Waals surface area contributed by atoms with Crippen molar-refractivity contribution in [1.82, 2.24) is 4.90 Å². The van der Waals surface area contributed by atoms with Gasteiger partial charge in [-0.05, 0) is 50.4 Å². The van der Waals surface area contributed by atoms with Gasteiger partial charge in [0, 0.05) is 23.4 Å². The molecule has 2 aliphatic carbocycles. The monoisotopic (exact) mass is 413 g/mol. The zero-order valence-electron chi connectivity index (χ0n) is 16.1. The maximum absolute atomic E-state index is 12.6. The fourth-order valence-corrected chi connectivity index (χ4v) is 5.67. The van der Waals surface area contributed by atoms with E-state index >= 15 is 0 Å². The fourth-order valence-electron chi connectivity index (χ4n) is 5.67. The summed E-state index contributed by atoms with van der Waals surface area (Å²) in [6.45, 7) is 1.05. The lowest BCUT2D eigenvalue weighted by atomic mass is 9.52. The molecule has 1 spiro atoms. The van der Waals surface area contributed by atoms with Gasteiger partial charge in [-0.3, -0.25) is 4.79 Å². The number of rotatable bonds is 1. The molecule has 29 heavy (non-hydrogen) atoms. The van der Waals surface area contributed by atoms with Crippen LogP contribution in [0.1, 0.15) is 30.4 Å². The minimum atomic E-state index is -5.08. The molecule has 1 saturated heterocycles. The summed E-state index contributed by atoms with van der Waals surface area (Å²) < 4.78 is 43.5. The average molecular weight is 413 g/mol. The van der Waals surface area contributed by atoms with E-state index in [1.807, 2.05) is 6.07 Å². The van der Waals surface area contributed by atoms with Gasteiger partial charge in [-0.2, -0.15) is 13.2 Å². The molecule has 0 unspecified atom stereocenters. The molecular formula is C20H22F3NO5. The highest BCUT2D eigenvalue weighted by Crippen LogP contribution is 2.63. The van der Waals surface area contributed by atoms with E-state index in [0.29, 0.717) is 18.4 Å². The molecule has 9 heteroatoms. The van der Waals surface area contributed by atoms with Crippen LogP contribution in [0.15, 0.2) is 12.1 Å². The lowest BCUT2D eigenvalue weighted by molar-refractivity contribution is -0.192. The Labute approximate surface area is 165 Å². The van der Waals surface area contributed by atoms with Crippen molar-refractivity contribution in [2.75, 3.05) is 20.7 Å². The molecule has 1 saturated carbocycles. The van der Waals surface area contributed by atoms with E-state index in [9.17, 15) is 18.0 Å². The van der Waals surface area contributed by atoms with E-state index < -0.39 is 12.1 Å². The minimum absolute atomic E-state index is 0.0933. The number of methoxy groups -OCH3 is 1. The smallest absolute Gasteiger partial charge is 0.490 e. The predicted octanol–water partition coefficient (Wildman–Crippen LogP) is 2.57. The number of carboxylic acids is 1. The Kier molecular flexibility index (Phi) is 4.56. The Morgan fingerprint density at radius 2 is 2.07 bits per heavy atom. The van der Waals surface area contributed by atoms with E-state index in [1.165, 1.54) is 11.1 Å². The third kappa shape index (κ3) is 2.81. The average Bonchev–Trinajstić information content (AvgIpc) is 3.01. The highest BCUT2D eigenvalue weighted by atomic mass is 19.4. The summed E-state index contributed by atoms with van der Waals surface area (Å²) in [6, 6.07) is 4.73. The number of Topliss-reactive ketones (excluding diaryl/α,β-unsaturated/α-hetero) is 1. The predicted molar refractivity (Wildman–Crippen MR) is 95.2 cm³/mol. The number of ketones is 1. The number of ether oxygens (including phenoxy) is 2. The highest BCUT2D eigenvalue weighted by molar-refractivity contribution is 5.89. The molecule has 0 amide bonds. The molecule has 1 aromatic rings. The van der Waals surface area contributed by atoms with E-state index in [-0.39, 0.29) is 17.3 Å². The lowest BCUT2D eigenvalue weighted by Gasteiger charge is -2.57. The Bertz CT molecular complexity index is 870. The van der Waals surface area contributed by atoms with Gasteiger partial charge in [-0.15, -0.1) is 0 Å². The van der Waals surface area contributed by atoms with Crippen molar-refractivity contribution in [3.8, 4) is 11.5 Å². The van der Waals surface area contributed by atoms with Gasteiger partial charge in [0.05, 0.1) is 7.11 Å². The molecule has 2 heterocycles. The third-order valence-corrected chi connectivity index (χ3v) is 6.83. The van der Waals surface area contributed by atoms with Crippen molar-refractivity contribution in [3.05, 3.63) is 23.3 Å². The molecule has 158 valence electrons. The van der Waals surface area contributed by atoms with Gasteiger partial charge < -0.3 is 19.5 Å². The number of likely N-dealkylation sites (N-methyl/N-ethyl adjacent to an activating group) is 1. The number of carbonyl (C=O) groups is 2. The number of piperidine rings is 1. The number of hydrogen-bond acceptors (Lipinski definition) is 5. The SMILES string of the molecule is COc1ccc2c3c1O[C@H]1C(=O)CC[C@H]4[C@@H](C2)N(C)CC[C@]314.O=C(O)C(F)(F)F. The van der Waals surface area contributed by atoms with E-state index in [2.05, 4.69) is 18.0 Å². The first-order valence-electron chi connectivity index (χ1n) is 9.51. The van der Waals surface area contributed by atoms with Crippen molar-refractivity contribution in [2.24, 2.45) is 5.92 Å². The van der Waals surface area contributed by atoms with E-state index in [0.717, 1.165) is 37.3 Å². The van der Waals surface area contributed by atoms with E-state index in [1.54, 1.807) is 7.11 Å². The van der Waals surface area contributed by atoms with Gasteiger partial charge >= 0.3 is 12.1 Å². The van der Waals surface area contributed by atoms with Crippen LogP contribution in [0.3, 0.4) is 0 Å². The van der Waals surface area contributed by atoms with Crippen LogP contribution in [0.25, 0.3) is 0 Å². The van der Waals surface area contributed by atoms with Crippen LogP contribution in [0.5, 0.6) is 11.5 Å². The second-order valence-electron chi connectivity index (χ2n) is 8.09. The fraction of sp³-hybridized carbons (Fsp3) is 0.600. The second-order valence-corrected chi connectivity index (χ2v) is 8.09. The molecule has 4 aliphatic rings. The third-order valence-electron chi connectivity index (χ3n) is 6.83. The summed E-state index contributed by atoms with van der Waals surface area (Å²) in [5.74, 6) is -0.298. The Morgan fingerprint density at radius 3 is 2.69 bits per heavy atom. The molecule has 2 fully saturated rings. The Morgan fingerprint density at radius 1 is 1.38 bits per heavy atom. The first kappa shape index (κ1) is 20.0. The maximum atomic E-state index is 12.6. The van der Waals surface area contributed by atoms with Gasteiger partial charge in [0.25, 0.3) is 0 Å². The number of carbonyl (C=O) groups excluding carboxylic acids is 1. The van der Waals surface area contributed by atoms with Crippen LogP contribution in [-0.2, 0) is 21.4 Å². The van der Waals surface area contributed by atoms with Crippen LogP contribution >= 0.6 is 0 Å². The number of likely N-dealkylation sites (tertiary alicyclic amines) is 1. The van der Waals surface area contributed by atoms with Gasteiger partial charge in [0.2, 0.25) is 0 Å². The zero-order chi connectivity index (χ0) is 21.1. The van der Waals surface area contributed by atoms with Gasteiger partial charge in [-0.1, -0.05) is 6.07 Å². The summed E-state index contributed by atoms with van der Waals surface area (Å²) in [7, 11) is 3.91. The number of hydrogen-bond donors (Lipinski definition) is 1. The zero-order valence-corrected chi connectivity index (χ0v) is 16.1. The molecule has 1 N–H and O–H groups in total. The van der Waals surface area contributed by atoms with Gasteiger partial charge in [-0.25, -0.2) is 4.79 Å². The maximum Gasteiger partial charge on any atom is 0.490 e. The standard InChI is InChI=1S/C18H21NO3.C2HF3O2/c1-19-8-7-18-11-4-5-13(20)17(18)22-16-14(21-2)6-3-10(15(16)18)9-12(11)19;3-2(4,5)1(6)7/h3,6,11-12,17H,4-5,7-9H2,1-2H3;(H,6,7)/t11-,12+,17-,18-;/m0./s1. The molecule has 4 atom stereocenters. The molecule has 2 aliphatic heterocycles. The number of halogens is 3. The number of nitrogens with zero attached hydrogens (tertiary/aromatic N) is 1. The van der Waals surface area contributed by atoms with Crippen molar-refractivity contribution in [2.45, 2.75) is 49.4 Å². The normalized spacial score (nSPS) is 31.9. The largest absolute Gasteiger partial charge is 0.493 e. The molecule has 0 aromatic heterocycles. The number of carboxylic acid groups (broad SMARTS) is 1. The number of alkyl halides is 3. The summed E-state index contributed by atoms with van der Waals surface area (Å²) >= 11 is 0. The lowest BCUT2D eigenvalue weighted by Crippen LogP contribution is -2.65. The first-order chi connectivity index (χ1) is 13.6. The van der Waals surface area contributed by atoms with Crippen LogP contribution in [0, 0.1) is 5.92 Å². The van der Waals surface area contributed by atoms with Crippen molar-refractivity contribution in [3.63, 3.8) is 0 Å². The van der Waals surface area contributed by atoms with Gasteiger partial charge in [0.15, 0.2) is 23.4 Å². The summed E-state index contributed by atoms with van der Waals surface area (Å²) in [4.78, 5) is 24.0. The van der Waals surface area contributed by atoms with Crippen LogP contribution in [0.2, 0.25) is 0 Å². The Hall–Kier alpha value is -2.29. The van der Waals surface area contributed by atoms with Crippen LogP contribution in [0.4, 0.5) is 13.2 Å². The number of benzene rings is 1. The summed E-state index contributed by atoms with van der Waals surface area (Å²) in [5.41, 5.74) is 2.57. The van der Waals surface area contributed by atoms with Crippen LogP contribution in [-0.4, -0.2) is 60.8 Å².